The Labute approximate surface area is 211 Å². The summed E-state index contributed by atoms with van der Waals surface area (Å²) in [5.74, 6) is 0.404. The van der Waals surface area contributed by atoms with Gasteiger partial charge < -0.3 is 5.11 Å². The van der Waals surface area contributed by atoms with Crippen LogP contribution in [-0.4, -0.2) is 22.0 Å². The van der Waals surface area contributed by atoms with Crippen LogP contribution in [0.3, 0.4) is 0 Å². The van der Waals surface area contributed by atoms with Crippen molar-refractivity contribution < 1.29 is 5.11 Å². The molecule has 35 heavy (non-hydrogen) atoms. The Morgan fingerprint density at radius 1 is 0.971 bits per heavy atom. The van der Waals surface area contributed by atoms with E-state index in [-0.39, 0.29) is 17.1 Å². The molecule has 1 aliphatic rings. The first-order valence-electron chi connectivity index (χ1n) is 13.7. The summed E-state index contributed by atoms with van der Waals surface area (Å²) in [7, 11) is 1.64. The number of aliphatic hydroxyl groups is 1. The molecule has 0 fully saturated rings. The third-order valence-corrected chi connectivity index (χ3v) is 7.05. The fraction of sp³-hybridized carbons (Fsp3) is 0.633. The van der Waals surface area contributed by atoms with Gasteiger partial charge in [-0.25, -0.2) is 4.99 Å². The molecule has 0 saturated heterocycles. The fourth-order valence-corrected chi connectivity index (χ4v) is 4.70. The molecule has 0 bridgehead atoms. The zero-order valence-electron chi connectivity index (χ0n) is 22.1. The molecule has 0 radical (unpaired) electrons. The van der Waals surface area contributed by atoms with Crippen LogP contribution in [0.5, 0.6) is 0 Å². The van der Waals surface area contributed by atoms with Gasteiger partial charge in [0.1, 0.15) is 5.82 Å². The van der Waals surface area contributed by atoms with Crippen molar-refractivity contribution in [2.45, 2.75) is 116 Å². The number of allylic oxidation sites excluding steroid dienone is 2. The second kappa shape index (κ2) is 15.7. The van der Waals surface area contributed by atoms with E-state index in [1.807, 2.05) is 0 Å². The first-order chi connectivity index (χ1) is 16.8. The summed E-state index contributed by atoms with van der Waals surface area (Å²) < 4.78 is 1.42. The number of hydrogen-bond acceptors (Lipinski definition) is 4. The van der Waals surface area contributed by atoms with Gasteiger partial charge in [0.15, 0.2) is 5.43 Å². The minimum Gasteiger partial charge on any atom is -0.393 e. The van der Waals surface area contributed by atoms with E-state index in [2.05, 4.69) is 25.1 Å². The molecule has 1 atom stereocenters. The van der Waals surface area contributed by atoms with Crippen LogP contribution < -0.4 is 11.0 Å². The molecule has 0 saturated carbocycles. The highest BCUT2D eigenvalue weighted by molar-refractivity contribution is 6.14. The van der Waals surface area contributed by atoms with Crippen molar-refractivity contribution in [2.75, 3.05) is 0 Å². The molecular weight excluding hydrogens is 436 g/mol. The second-order valence-corrected chi connectivity index (χ2v) is 10.1. The van der Waals surface area contributed by atoms with E-state index >= 15 is 0 Å². The topological polar surface area (TPSA) is 71.7 Å². The maximum absolute atomic E-state index is 12.9. The molecule has 194 valence electrons. The quantitative estimate of drug-likeness (QED) is 0.185. The average molecular weight is 483 g/mol. The third kappa shape index (κ3) is 9.71. The van der Waals surface area contributed by atoms with Gasteiger partial charge in [-0.05, 0) is 44.9 Å². The number of rotatable bonds is 18. The Hall–Kier alpha value is -2.27. The normalized spacial score (nSPS) is 13.3. The van der Waals surface area contributed by atoms with Crippen LogP contribution >= 0.6 is 0 Å². The van der Waals surface area contributed by atoms with E-state index in [1.54, 1.807) is 13.3 Å². The molecule has 2 heterocycles. The van der Waals surface area contributed by atoms with E-state index in [4.69, 9.17) is 0 Å². The Bertz CT molecular complexity index is 990. The van der Waals surface area contributed by atoms with Crippen molar-refractivity contribution in [2.24, 2.45) is 12.0 Å². The number of fused-ring (bicyclic) bond motifs is 1. The van der Waals surface area contributed by atoms with E-state index in [9.17, 15) is 14.7 Å². The summed E-state index contributed by atoms with van der Waals surface area (Å²) in [6, 6.07) is 1.46. The van der Waals surface area contributed by atoms with Gasteiger partial charge in [0.25, 0.3) is 5.56 Å². The Kier molecular flexibility index (Phi) is 13.0. The van der Waals surface area contributed by atoms with Gasteiger partial charge in [-0.15, -0.1) is 0 Å². The summed E-state index contributed by atoms with van der Waals surface area (Å²) >= 11 is 0. The number of unbranched alkanes of at least 4 members (excludes halogenated alkanes) is 9. The van der Waals surface area contributed by atoms with Crippen LogP contribution in [0.4, 0.5) is 5.82 Å². The molecule has 0 amide bonds. The molecule has 1 aromatic heterocycles. The monoisotopic (exact) mass is 482 g/mol. The Morgan fingerprint density at radius 3 is 2.37 bits per heavy atom. The van der Waals surface area contributed by atoms with Gasteiger partial charge in [0.05, 0.1) is 11.7 Å². The molecule has 1 N–H and O–H groups in total. The summed E-state index contributed by atoms with van der Waals surface area (Å²) in [5.41, 5.74) is 2.52. The van der Waals surface area contributed by atoms with Gasteiger partial charge in [-0.1, -0.05) is 83.4 Å². The lowest BCUT2D eigenvalue weighted by atomic mass is 9.99. The van der Waals surface area contributed by atoms with Crippen molar-refractivity contribution >= 4 is 17.6 Å². The first kappa shape index (κ1) is 29.0. The average Bonchev–Trinajstić information content (AvgIpc) is 3.19. The van der Waals surface area contributed by atoms with Crippen LogP contribution in [0.15, 0.2) is 39.4 Å². The van der Waals surface area contributed by atoms with E-state index < -0.39 is 0 Å². The first-order valence-corrected chi connectivity index (χ1v) is 13.7. The lowest BCUT2D eigenvalue weighted by Crippen LogP contribution is -2.13. The SMILES string of the molecule is C=C(CCCCCCCC)CCC(O)CCCCCCCc1cc(=O)n(C)c2c(c1=O)C(=C)C=N2. The van der Waals surface area contributed by atoms with E-state index in [1.165, 1.54) is 54.7 Å². The van der Waals surface area contributed by atoms with Crippen molar-refractivity contribution in [3.63, 3.8) is 0 Å². The number of aliphatic hydroxyl groups excluding tert-OH is 1. The van der Waals surface area contributed by atoms with Crippen LogP contribution in [0.2, 0.25) is 0 Å². The minimum atomic E-state index is -0.239. The highest BCUT2D eigenvalue weighted by atomic mass is 16.3. The zero-order valence-corrected chi connectivity index (χ0v) is 22.1. The lowest BCUT2D eigenvalue weighted by molar-refractivity contribution is 0.151. The van der Waals surface area contributed by atoms with Crippen molar-refractivity contribution in [3.8, 4) is 0 Å². The molecule has 1 unspecified atom stereocenters. The fourth-order valence-electron chi connectivity index (χ4n) is 4.70. The largest absolute Gasteiger partial charge is 0.393 e. The van der Waals surface area contributed by atoms with Gasteiger partial charge in [0.2, 0.25) is 0 Å². The van der Waals surface area contributed by atoms with Crippen molar-refractivity contribution in [1.29, 1.82) is 0 Å². The number of aliphatic imine (C=N–C) groups is 1. The number of hydrogen-bond donors (Lipinski definition) is 1. The summed E-state index contributed by atoms with van der Waals surface area (Å²) in [6.07, 6.45) is 18.5. The molecule has 1 aliphatic heterocycles. The number of aryl methyl sites for hydroxylation is 1. The van der Waals surface area contributed by atoms with E-state index in [0.29, 0.717) is 28.9 Å². The van der Waals surface area contributed by atoms with Crippen LogP contribution in [0.25, 0.3) is 5.57 Å². The minimum absolute atomic E-state index is 0.124. The molecular formula is C30H46N2O3. The van der Waals surface area contributed by atoms with E-state index in [0.717, 1.165) is 57.8 Å². The van der Waals surface area contributed by atoms with Gasteiger partial charge in [0, 0.05) is 30.5 Å². The van der Waals surface area contributed by atoms with Crippen LogP contribution in [0, 0.1) is 0 Å². The maximum atomic E-state index is 12.9. The summed E-state index contributed by atoms with van der Waals surface area (Å²) in [4.78, 5) is 29.5. The van der Waals surface area contributed by atoms with Gasteiger partial charge in [-0.3, -0.25) is 14.2 Å². The molecule has 5 nitrogen and oxygen atoms in total. The predicted molar refractivity (Wildman–Crippen MR) is 149 cm³/mol. The molecule has 0 aromatic carbocycles. The maximum Gasteiger partial charge on any atom is 0.252 e. The molecule has 1 aromatic rings. The molecule has 0 aliphatic carbocycles. The highest BCUT2D eigenvalue weighted by Gasteiger charge is 2.19. The van der Waals surface area contributed by atoms with Crippen molar-refractivity contribution in [3.05, 3.63) is 56.5 Å². The van der Waals surface area contributed by atoms with Crippen molar-refractivity contribution in [1.82, 2.24) is 4.57 Å². The second-order valence-electron chi connectivity index (χ2n) is 10.1. The molecule has 0 spiro atoms. The van der Waals surface area contributed by atoms with Gasteiger partial charge in [-0.2, -0.15) is 0 Å². The number of aromatic nitrogens is 1. The standard InChI is InChI=1S/C30H46N2O3/c1-5-6-7-8-10-13-16-23(2)19-20-26(33)18-15-12-9-11-14-17-25-21-27(34)32(4)30-28(29(25)35)24(3)22-31-30/h21-22,26,33H,2-3,5-20H2,1,4H3. The highest BCUT2D eigenvalue weighted by Crippen LogP contribution is 2.25. The lowest BCUT2D eigenvalue weighted by Gasteiger charge is -2.12. The number of nitrogens with zero attached hydrogens (tertiary/aromatic N) is 2. The summed E-state index contributed by atoms with van der Waals surface area (Å²) in [5, 5.41) is 10.3. The Balaban J connectivity index is 1.59. The molecule has 2 rings (SSSR count). The molecule has 5 heteroatoms. The van der Waals surface area contributed by atoms with Gasteiger partial charge >= 0.3 is 0 Å². The van der Waals surface area contributed by atoms with Crippen LogP contribution in [0.1, 0.15) is 114 Å². The van der Waals surface area contributed by atoms with Crippen LogP contribution in [-0.2, 0) is 13.5 Å². The Morgan fingerprint density at radius 2 is 1.63 bits per heavy atom. The predicted octanol–water partition coefficient (Wildman–Crippen LogP) is 6.81. The third-order valence-electron chi connectivity index (χ3n) is 7.05. The smallest absolute Gasteiger partial charge is 0.252 e. The zero-order chi connectivity index (χ0) is 25.6. The summed E-state index contributed by atoms with van der Waals surface area (Å²) in [6.45, 7) is 10.3.